The molecule has 0 fully saturated rings. The molecule has 40 heavy (non-hydrogen) atoms. The van der Waals surface area contributed by atoms with Crippen molar-refractivity contribution in [3.8, 4) is 33.9 Å². The van der Waals surface area contributed by atoms with Gasteiger partial charge in [0, 0.05) is 18.3 Å². The van der Waals surface area contributed by atoms with Gasteiger partial charge >= 0.3 is 5.97 Å². The highest BCUT2D eigenvalue weighted by Crippen LogP contribution is 2.32. The molecule has 0 bridgehead atoms. The van der Waals surface area contributed by atoms with Gasteiger partial charge < -0.3 is 15.2 Å². The summed E-state index contributed by atoms with van der Waals surface area (Å²) in [7, 11) is 0. The maximum atomic E-state index is 10.9. The second-order valence-corrected chi connectivity index (χ2v) is 9.50. The number of benzene rings is 4. The molecule has 0 saturated carbocycles. The highest BCUT2D eigenvalue weighted by atomic mass is 16.5. The van der Waals surface area contributed by atoms with Crippen LogP contribution in [0, 0.1) is 0 Å². The van der Waals surface area contributed by atoms with Gasteiger partial charge in [-0.3, -0.25) is 9.20 Å². The van der Waals surface area contributed by atoms with E-state index in [9.17, 15) is 4.79 Å². The molecule has 0 aliphatic rings. The monoisotopic (exact) mass is 525 g/mol. The molecule has 6 aromatic rings. The summed E-state index contributed by atoms with van der Waals surface area (Å²) in [6.07, 6.45) is 2.03. The second kappa shape index (κ2) is 11.2. The minimum atomic E-state index is -0.851. The molecule has 0 unspecified atom stereocenters. The number of fused-ring (bicyclic) bond motifs is 1. The van der Waals surface area contributed by atoms with Gasteiger partial charge in [0.05, 0.1) is 6.42 Å². The summed E-state index contributed by atoms with van der Waals surface area (Å²) in [5.41, 5.74) is 6.95. The van der Waals surface area contributed by atoms with Crippen molar-refractivity contribution in [2.45, 2.75) is 13.0 Å². The Hall–Kier alpha value is -5.36. The summed E-state index contributed by atoms with van der Waals surface area (Å²) < 4.78 is 8.03. The normalized spacial score (nSPS) is 10.9. The van der Waals surface area contributed by atoms with Gasteiger partial charge in [-0.1, -0.05) is 84.9 Å². The minimum absolute atomic E-state index is 0.00354. The first-order valence-electron chi connectivity index (χ1n) is 13.1. The number of nitrogens with zero attached hydrogens (tertiary/aromatic N) is 2. The number of anilines is 1. The number of hydrogen-bond donors (Lipinski definition) is 2. The Morgan fingerprint density at radius 1 is 0.700 bits per heavy atom. The predicted molar refractivity (Wildman–Crippen MR) is 158 cm³/mol. The molecule has 4 aromatic carbocycles. The van der Waals surface area contributed by atoms with Crippen LogP contribution in [0.3, 0.4) is 0 Å². The highest BCUT2D eigenvalue weighted by molar-refractivity contribution is 5.78. The van der Waals surface area contributed by atoms with Crippen molar-refractivity contribution in [1.29, 1.82) is 0 Å². The van der Waals surface area contributed by atoms with E-state index in [1.807, 2.05) is 66.9 Å². The smallest absolute Gasteiger partial charge is 0.307 e. The number of nitrogens with one attached hydrogen (secondary N) is 1. The molecule has 0 atom stereocenters. The molecular weight excluding hydrogens is 498 g/mol. The Bertz CT molecular complexity index is 1740. The Kier molecular flexibility index (Phi) is 6.97. The van der Waals surface area contributed by atoms with Crippen LogP contribution in [-0.2, 0) is 17.8 Å². The van der Waals surface area contributed by atoms with Crippen LogP contribution in [0.4, 0.5) is 5.82 Å². The number of pyridine rings is 1. The average molecular weight is 526 g/mol. The summed E-state index contributed by atoms with van der Waals surface area (Å²) in [4.78, 5) is 15.8. The Morgan fingerprint density at radius 2 is 1.30 bits per heavy atom. The molecule has 196 valence electrons. The predicted octanol–water partition coefficient (Wildman–Crippen LogP) is 7.70. The fraction of sp³-hybridized carbons (Fsp3) is 0.0588. The Balaban J connectivity index is 1.19. The lowest BCUT2D eigenvalue weighted by molar-refractivity contribution is -0.136. The number of aliphatic carboxylic acids is 1. The van der Waals surface area contributed by atoms with Crippen molar-refractivity contribution in [1.82, 2.24) is 9.38 Å². The number of rotatable bonds is 9. The number of hydrogen-bond acceptors (Lipinski definition) is 4. The topological polar surface area (TPSA) is 75.9 Å². The lowest BCUT2D eigenvalue weighted by Crippen LogP contribution is -2.03. The van der Waals surface area contributed by atoms with E-state index >= 15 is 0 Å². The van der Waals surface area contributed by atoms with Crippen LogP contribution in [0.25, 0.3) is 28.0 Å². The molecule has 0 aliphatic carbocycles. The van der Waals surface area contributed by atoms with Crippen molar-refractivity contribution in [2.75, 3.05) is 5.32 Å². The van der Waals surface area contributed by atoms with Gasteiger partial charge in [-0.05, 0) is 58.7 Å². The summed E-state index contributed by atoms with van der Waals surface area (Å²) in [5, 5.41) is 12.5. The van der Waals surface area contributed by atoms with E-state index in [1.165, 1.54) is 5.56 Å². The zero-order chi connectivity index (χ0) is 27.3. The molecule has 6 rings (SSSR count). The van der Waals surface area contributed by atoms with Crippen LogP contribution in [0.5, 0.6) is 11.5 Å². The second-order valence-electron chi connectivity index (χ2n) is 9.50. The van der Waals surface area contributed by atoms with Crippen LogP contribution in [0.2, 0.25) is 0 Å². The maximum Gasteiger partial charge on any atom is 0.307 e. The minimum Gasteiger partial charge on any atom is -0.481 e. The zero-order valence-electron chi connectivity index (χ0n) is 21.7. The molecular formula is C34H27N3O3. The van der Waals surface area contributed by atoms with Crippen molar-refractivity contribution >= 4 is 17.4 Å². The number of ether oxygens (including phenoxy) is 1. The SMILES string of the molecule is O=C(O)Cc1ccc(Oc2ccc(-c3ccc(-c4nc5ccccn5c4NCc4ccccc4)cc3)cc2)cc1. The molecule has 0 spiro atoms. The van der Waals surface area contributed by atoms with Gasteiger partial charge in [0.1, 0.15) is 28.7 Å². The van der Waals surface area contributed by atoms with Crippen molar-refractivity contribution < 1.29 is 14.6 Å². The van der Waals surface area contributed by atoms with Gasteiger partial charge in [-0.15, -0.1) is 0 Å². The lowest BCUT2D eigenvalue weighted by Gasteiger charge is -2.10. The van der Waals surface area contributed by atoms with Gasteiger partial charge in [0.15, 0.2) is 0 Å². The molecule has 0 radical (unpaired) electrons. The molecule has 0 amide bonds. The molecule has 6 heteroatoms. The van der Waals surface area contributed by atoms with Crippen LogP contribution < -0.4 is 10.1 Å². The Morgan fingerprint density at radius 3 is 1.98 bits per heavy atom. The van der Waals surface area contributed by atoms with Gasteiger partial charge in [-0.2, -0.15) is 0 Å². The third kappa shape index (κ3) is 5.56. The third-order valence-corrected chi connectivity index (χ3v) is 6.69. The average Bonchev–Trinajstić information content (AvgIpc) is 3.36. The summed E-state index contributed by atoms with van der Waals surface area (Å²) in [5.74, 6) is 1.49. The molecule has 0 aliphatic heterocycles. The van der Waals surface area contributed by atoms with E-state index in [0.29, 0.717) is 18.0 Å². The van der Waals surface area contributed by atoms with Crippen molar-refractivity contribution in [2.24, 2.45) is 0 Å². The lowest BCUT2D eigenvalue weighted by atomic mass is 10.0. The van der Waals surface area contributed by atoms with Crippen LogP contribution in [0.15, 0.2) is 128 Å². The van der Waals surface area contributed by atoms with Crippen molar-refractivity contribution in [3.05, 3.63) is 139 Å². The van der Waals surface area contributed by atoms with E-state index < -0.39 is 5.97 Å². The largest absolute Gasteiger partial charge is 0.481 e. The van der Waals surface area contributed by atoms with E-state index in [0.717, 1.165) is 39.4 Å². The van der Waals surface area contributed by atoms with E-state index in [1.54, 1.807) is 24.3 Å². The zero-order valence-corrected chi connectivity index (χ0v) is 21.7. The van der Waals surface area contributed by atoms with Gasteiger partial charge in [-0.25, -0.2) is 4.98 Å². The number of imidazole rings is 1. The summed E-state index contributed by atoms with van der Waals surface area (Å²) in [6, 6.07) is 39.8. The summed E-state index contributed by atoms with van der Waals surface area (Å²) >= 11 is 0. The van der Waals surface area contributed by atoms with Crippen LogP contribution in [0.1, 0.15) is 11.1 Å². The van der Waals surface area contributed by atoms with E-state index in [-0.39, 0.29) is 6.42 Å². The quantitative estimate of drug-likeness (QED) is 0.202. The van der Waals surface area contributed by atoms with Gasteiger partial charge in [0.2, 0.25) is 0 Å². The maximum absolute atomic E-state index is 10.9. The molecule has 2 heterocycles. The molecule has 2 aromatic heterocycles. The number of carbonyl (C=O) groups is 1. The van der Waals surface area contributed by atoms with Gasteiger partial charge in [0.25, 0.3) is 0 Å². The molecule has 0 saturated heterocycles. The first-order valence-corrected chi connectivity index (χ1v) is 13.1. The standard InChI is InChI=1S/C34H27N3O3/c38-32(39)22-24-9-17-29(18-10-24)40-30-19-15-27(16-20-30)26-11-13-28(14-12-26)33-34(35-23-25-6-2-1-3-7-25)37-21-5-4-8-31(37)36-33/h1-21,35H,22-23H2,(H,38,39). The van der Waals surface area contributed by atoms with Crippen LogP contribution in [-0.4, -0.2) is 20.5 Å². The Labute approximate surface area is 232 Å². The fourth-order valence-electron chi connectivity index (χ4n) is 4.67. The number of carboxylic acids is 1. The first-order chi connectivity index (χ1) is 19.6. The molecule has 2 N–H and O–H groups in total. The first kappa shape index (κ1) is 24.9. The molecule has 6 nitrogen and oxygen atoms in total. The van der Waals surface area contributed by atoms with E-state index in [2.05, 4.69) is 46.1 Å². The van der Waals surface area contributed by atoms with Crippen LogP contribution >= 0.6 is 0 Å². The third-order valence-electron chi connectivity index (χ3n) is 6.69. The highest BCUT2D eigenvalue weighted by Gasteiger charge is 2.14. The number of aromatic nitrogens is 2. The number of carboxylic acid groups (broad SMARTS) is 1. The van der Waals surface area contributed by atoms with Crippen molar-refractivity contribution in [3.63, 3.8) is 0 Å². The van der Waals surface area contributed by atoms with E-state index in [4.69, 9.17) is 14.8 Å². The fourth-order valence-corrected chi connectivity index (χ4v) is 4.67. The summed E-state index contributed by atoms with van der Waals surface area (Å²) in [6.45, 7) is 0.704.